The molecule has 2 rings (SSSR count). The molecule has 2 aromatic heterocycles. The number of thiophene rings is 1. The third kappa shape index (κ3) is 2.26. The molecule has 2 aromatic rings. The monoisotopic (exact) mass is 267 g/mol. The van der Waals surface area contributed by atoms with Crippen molar-refractivity contribution < 1.29 is 0 Å². The molecule has 0 aliphatic heterocycles. The summed E-state index contributed by atoms with van der Waals surface area (Å²) in [7, 11) is 0. The summed E-state index contributed by atoms with van der Waals surface area (Å²) in [4.78, 5) is 28.6. The first kappa shape index (κ1) is 13.0. The van der Waals surface area contributed by atoms with Gasteiger partial charge < -0.3 is 5.73 Å². The van der Waals surface area contributed by atoms with Gasteiger partial charge in [0.15, 0.2) is 0 Å². The van der Waals surface area contributed by atoms with Gasteiger partial charge in [-0.2, -0.15) is 0 Å². The van der Waals surface area contributed by atoms with Gasteiger partial charge >= 0.3 is 5.69 Å². The SMILES string of the molecule is CCc1cc2c(=O)n(CC(N)CC)c(=O)[nH]c2s1. The van der Waals surface area contributed by atoms with Crippen LogP contribution in [0.3, 0.4) is 0 Å². The highest BCUT2D eigenvalue weighted by Crippen LogP contribution is 2.20. The molecule has 0 radical (unpaired) electrons. The molecule has 0 aliphatic carbocycles. The Kier molecular flexibility index (Phi) is 3.68. The van der Waals surface area contributed by atoms with Crippen molar-refractivity contribution >= 4 is 21.6 Å². The number of fused-ring (bicyclic) bond motifs is 1. The summed E-state index contributed by atoms with van der Waals surface area (Å²) in [5.41, 5.74) is 5.19. The highest BCUT2D eigenvalue weighted by molar-refractivity contribution is 7.18. The van der Waals surface area contributed by atoms with Gasteiger partial charge in [0, 0.05) is 17.5 Å². The summed E-state index contributed by atoms with van der Waals surface area (Å²) in [5.74, 6) is 0. The normalized spacial score (nSPS) is 13.1. The van der Waals surface area contributed by atoms with Crippen LogP contribution < -0.4 is 17.0 Å². The van der Waals surface area contributed by atoms with Gasteiger partial charge in [-0.1, -0.05) is 13.8 Å². The maximum atomic E-state index is 12.2. The zero-order valence-corrected chi connectivity index (χ0v) is 11.3. The molecule has 0 saturated carbocycles. The fraction of sp³-hybridized carbons (Fsp3) is 0.500. The maximum Gasteiger partial charge on any atom is 0.329 e. The molecular formula is C12H17N3O2S. The van der Waals surface area contributed by atoms with Crippen LogP contribution in [-0.2, 0) is 13.0 Å². The van der Waals surface area contributed by atoms with Crippen LogP contribution in [0.15, 0.2) is 15.7 Å². The van der Waals surface area contributed by atoms with Gasteiger partial charge in [-0.3, -0.25) is 14.3 Å². The molecular weight excluding hydrogens is 250 g/mol. The predicted molar refractivity (Wildman–Crippen MR) is 74.4 cm³/mol. The lowest BCUT2D eigenvalue weighted by Crippen LogP contribution is -2.40. The fourth-order valence-corrected chi connectivity index (χ4v) is 2.78. The number of hydrogen-bond donors (Lipinski definition) is 2. The van der Waals surface area contributed by atoms with E-state index in [1.807, 2.05) is 19.9 Å². The molecule has 0 saturated heterocycles. The molecule has 1 atom stereocenters. The van der Waals surface area contributed by atoms with Crippen LogP contribution in [0.2, 0.25) is 0 Å². The van der Waals surface area contributed by atoms with E-state index in [1.54, 1.807) is 0 Å². The quantitative estimate of drug-likeness (QED) is 0.869. The van der Waals surface area contributed by atoms with Crippen molar-refractivity contribution in [2.24, 2.45) is 5.73 Å². The molecule has 0 spiro atoms. The van der Waals surface area contributed by atoms with Gasteiger partial charge in [-0.05, 0) is 18.9 Å². The summed E-state index contributed by atoms with van der Waals surface area (Å²) < 4.78 is 1.20. The molecule has 0 bridgehead atoms. The molecule has 0 amide bonds. The summed E-state index contributed by atoms with van der Waals surface area (Å²) >= 11 is 1.46. The van der Waals surface area contributed by atoms with Crippen molar-refractivity contribution in [2.45, 2.75) is 39.3 Å². The van der Waals surface area contributed by atoms with Crippen molar-refractivity contribution in [3.63, 3.8) is 0 Å². The van der Waals surface area contributed by atoms with Crippen molar-refractivity contribution in [1.82, 2.24) is 9.55 Å². The lowest BCUT2D eigenvalue weighted by atomic mass is 10.2. The predicted octanol–water partition coefficient (Wildman–Crippen LogP) is 1.05. The summed E-state index contributed by atoms with van der Waals surface area (Å²) in [6, 6.07) is 1.68. The number of rotatable bonds is 4. The average molecular weight is 267 g/mol. The van der Waals surface area contributed by atoms with Gasteiger partial charge in [0.1, 0.15) is 4.83 Å². The van der Waals surface area contributed by atoms with E-state index in [-0.39, 0.29) is 23.8 Å². The molecule has 98 valence electrons. The Hall–Kier alpha value is -1.40. The molecule has 3 N–H and O–H groups in total. The Bertz CT molecular complexity index is 668. The number of aromatic nitrogens is 2. The van der Waals surface area contributed by atoms with Gasteiger partial charge in [-0.25, -0.2) is 4.79 Å². The summed E-state index contributed by atoms with van der Waals surface area (Å²) in [6.07, 6.45) is 1.59. The third-order valence-corrected chi connectivity index (χ3v) is 4.21. The maximum absolute atomic E-state index is 12.2. The number of hydrogen-bond acceptors (Lipinski definition) is 4. The summed E-state index contributed by atoms with van der Waals surface area (Å²) in [5, 5.41) is 0.583. The second-order valence-corrected chi connectivity index (χ2v) is 5.46. The molecule has 0 fully saturated rings. The first-order chi connectivity index (χ1) is 8.56. The van der Waals surface area contributed by atoms with Crippen LogP contribution in [0.25, 0.3) is 10.2 Å². The van der Waals surface area contributed by atoms with Crippen molar-refractivity contribution in [3.8, 4) is 0 Å². The van der Waals surface area contributed by atoms with Crippen molar-refractivity contribution in [2.75, 3.05) is 0 Å². The van der Waals surface area contributed by atoms with E-state index in [9.17, 15) is 9.59 Å². The largest absolute Gasteiger partial charge is 0.329 e. The number of aromatic amines is 1. The lowest BCUT2D eigenvalue weighted by molar-refractivity contribution is 0.513. The van der Waals surface area contributed by atoms with E-state index < -0.39 is 0 Å². The van der Waals surface area contributed by atoms with Crippen molar-refractivity contribution in [3.05, 3.63) is 31.8 Å². The second-order valence-electron chi connectivity index (χ2n) is 4.32. The van der Waals surface area contributed by atoms with Crippen LogP contribution >= 0.6 is 11.3 Å². The highest BCUT2D eigenvalue weighted by Gasteiger charge is 2.12. The number of nitrogens with zero attached hydrogens (tertiary/aromatic N) is 1. The van der Waals surface area contributed by atoms with Gasteiger partial charge in [0.05, 0.1) is 5.39 Å². The average Bonchev–Trinajstić information content (AvgIpc) is 2.77. The highest BCUT2D eigenvalue weighted by atomic mass is 32.1. The summed E-state index contributed by atoms with van der Waals surface area (Å²) in [6.45, 7) is 4.22. The molecule has 6 heteroatoms. The molecule has 2 heterocycles. The molecule has 0 aromatic carbocycles. The van der Waals surface area contributed by atoms with Crippen LogP contribution in [0, 0.1) is 0 Å². The van der Waals surface area contributed by atoms with Crippen LogP contribution in [0.5, 0.6) is 0 Å². The van der Waals surface area contributed by atoms with Gasteiger partial charge in [-0.15, -0.1) is 11.3 Å². The molecule has 1 unspecified atom stereocenters. The van der Waals surface area contributed by atoms with E-state index in [0.717, 1.165) is 17.7 Å². The van der Waals surface area contributed by atoms with E-state index in [2.05, 4.69) is 4.98 Å². The van der Waals surface area contributed by atoms with E-state index >= 15 is 0 Å². The number of H-pyrrole nitrogens is 1. The van der Waals surface area contributed by atoms with E-state index in [4.69, 9.17) is 5.73 Å². The lowest BCUT2D eigenvalue weighted by Gasteiger charge is -2.09. The number of aryl methyl sites for hydroxylation is 1. The van der Waals surface area contributed by atoms with E-state index in [0.29, 0.717) is 10.2 Å². The minimum atomic E-state index is -0.374. The zero-order valence-electron chi connectivity index (χ0n) is 10.5. The second kappa shape index (κ2) is 5.07. The molecule has 18 heavy (non-hydrogen) atoms. The van der Waals surface area contributed by atoms with Crippen LogP contribution in [-0.4, -0.2) is 15.6 Å². The Balaban J connectivity index is 2.61. The number of nitrogens with one attached hydrogen (secondary N) is 1. The standard InChI is InChI=1S/C12H17N3O2S/c1-3-7(13)6-15-11(16)9-5-8(4-2)18-10(9)14-12(15)17/h5,7H,3-4,6,13H2,1-2H3,(H,14,17). The van der Waals surface area contributed by atoms with Gasteiger partial charge in [0.2, 0.25) is 0 Å². The van der Waals surface area contributed by atoms with Gasteiger partial charge in [0.25, 0.3) is 5.56 Å². The Morgan fingerprint density at radius 2 is 2.17 bits per heavy atom. The fourth-order valence-electron chi connectivity index (χ4n) is 1.80. The zero-order chi connectivity index (χ0) is 13.3. The third-order valence-electron chi connectivity index (χ3n) is 3.01. The topological polar surface area (TPSA) is 80.9 Å². The Morgan fingerprint density at radius 1 is 1.44 bits per heavy atom. The van der Waals surface area contributed by atoms with Crippen LogP contribution in [0.1, 0.15) is 25.1 Å². The first-order valence-electron chi connectivity index (χ1n) is 6.07. The number of nitrogens with two attached hydrogens (primary N) is 1. The van der Waals surface area contributed by atoms with Crippen molar-refractivity contribution in [1.29, 1.82) is 0 Å². The van der Waals surface area contributed by atoms with Crippen LogP contribution in [0.4, 0.5) is 0 Å². The molecule has 0 aliphatic rings. The Labute approximate surface area is 108 Å². The smallest absolute Gasteiger partial charge is 0.326 e. The molecule has 5 nitrogen and oxygen atoms in total. The minimum Gasteiger partial charge on any atom is -0.326 e. The minimum absolute atomic E-state index is 0.175. The van der Waals surface area contributed by atoms with E-state index in [1.165, 1.54) is 15.9 Å². The first-order valence-corrected chi connectivity index (χ1v) is 6.89. The Morgan fingerprint density at radius 3 is 2.78 bits per heavy atom.